The third-order valence-corrected chi connectivity index (χ3v) is 2.86. The van der Waals surface area contributed by atoms with Gasteiger partial charge >= 0.3 is 0 Å². The van der Waals surface area contributed by atoms with Crippen molar-refractivity contribution in [2.75, 3.05) is 0 Å². The van der Waals surface area contributed by atoms with Crippen molar-refractivity contribution >= 4 is 0 Å². The van der Waals surface area contributed by atoms with Gasteiger partial charge in [0.25, 0.3) is 0 Å². The van der Waals surface area contributed by atoms with Crippen LogP contribution in [0.4, 0.5) is 0 Å². The number of hydrogen-bond acceptors (Lipinski definition) is 4. The second-order valence-electron chi connectivity index (χ2n) is 4.50. The van der Waals surface area contributed by atoms with Gasteiger partial charge in [-0.05, 0) is 38.3 Å². The lowest BCUT2D eigenvalue weighted by molar-refractivity contribution is 0.708. The number of hydrogen-bond donors (Lipinski definition) is 0. The van der Waals surface area contributed by atoms with Gasteiger partial charge in [0.1, 0.15) is 11.6 Å². The van der Waals surface area contributed by atoms with Crippen LogP contribution in [0.15, 0.2) is 12.3 Å². The summed E-state index contributed by atoms with van der Waals surface area (Å²) in [5.74, 6) is 2.35. The topological polar surface area (TPSA) is 56.5 Å². The Balaban J connectivity index is 2.19. The number of rotatable bonds is 5. The molecule has 2 aromatic heterocycles. The quantitative estimate of drug-likeness (QED) is 0.759. The van der Waals surface area contributed by atoms with Crippen molar-refractivity contribution < 1.29 is 0 Å². The first-order valence-electron chi connectivity index (χ1n) is 6.43. The van der Waals surface area contributed by atoms with Crippen molar-refractivity contribution in [1.29, 1.82) is 0 Å². The zero-order valence-electron chi connectivity index (χ0n) is 11.2. The maximum absolute atomic E-state index is 4.32. The highest BCUT2D eigenvalue weighted by Crippen LogP contribution is 2.10. The smallest absolute Gasteiger partial charge is 0.178 e. The Bertz CT molecular complexity index is 518. The Kier molecular flexibility index (Phi) is 4.02. The minimum atomic E-state index is 0.752. The van der Waals surface area contributed by atoms with Gasteiger partial charge in [0.2, 0.25) is 0 Å². The van der Waals surface area contributed by atoms with E-state index in [4.69, 9.17) is 0 Å². The lowest BCUT2D eigenvalue weighted by Gasteiger charge is -2.04. The molecule has 0 radical (unpaired) electrons. The highest BCUT2D eigenvalue weighted by atomic mass is 15.4. The van der Waals surface area contributed by atoms with Crippen molar-refractivity contribution in [3.63, 3.8) is 0 Å². The van der Waals surface area contributed by atoms with Crippen LogP contribution in [0.1, 0.15) is 43.4 Å². The standard InChI is InChI=1S/C13H19N5/c1-4-5-6-7-12-8-13(16-14-9-12)18-11(3)15-10(2)17-18/h8-9H,4-7H2,1-3H3. The van der Waals surface area contributed by atoms with Gasteiger partial charge in [-0.25, -0.2) is 4.98 Å². The van der Waals surface area contributed by atoms with E-state index in [1.807, 2.05) is 26.1 Å². The molecule has 0 aliphatic heterocycles. The van der Waals surface area contributed by atoms with Crippen molar-refractivity contribution in [3.8, 4) is 5.82 Å². The summed E-state index contributed by atoms with van der Waals surface area (Å²) in [6.45, 7) is 6.01. The molecule has 0 spiro atoms. The molecule has 0 aliphatic carbocycles. The van der Waals surface area contributed by atoms with E-state index in [-0.39, 0.29) is 0 Å². The largest absolute Gasteiger partial charge is 0.217 e. The summed E-state index contributed by atoms with van der Waals surface area (Å²) in [5.41, 5.74) is 1.21. The van der Waals surface area contributed by atoms with E-state index in [1.54, 1.807) is 4.68 Å². The lowest BCUT2D eigenvalue weighted by atomic mass is 10.1. The summed E-state index contributed by atoms with van der Waals surface area (Å²) in [5, 5.41) is 12.5. The van der Waals surface area contributed by atoms with E-state index in [1.165, 1.54) is 24.8 Å². The molecule has 0 saturated carbocycles. The fourth-order valence-corrected chi connectivity index (χ4v) is 1.95. The van der Waals surface area contributed by atoms with Gasteiger partial charge in [-0.1, -0.05) is 19.8 Å². The molecule has 2 rings (SSSR count). The molecule has 5 nitrogen and oxygen atoms in total. The Morgan fingerprint density at radius 1 is 1.22 bits per heavy atom. The Hall–Kier alpha value is -1.78. The second kappa shape index (κ2) is 5.71. The third-order valence-electron chi connectivity index (χ3n) is 2.86. The molecule has 96 valence electrons. The second-order valence-corrected chi connectivity index (χ2v) is 4.50. The van der Waals surface area contributed by atoms with E-state index in [0.29, 0.717) is 0 Å². The van der Waals surface area contributed by atoms with Crippen molar-refractivity contribution in [1.82, 2.24) is 25.0 Å². The Morgan fingerprint density at radius 3 is 2.72 bits per heavy atom. The van der Waals surface area contributed by atoms with Crippen LogP contribution in [0.25, 0.3) is 5.82 Å². The van der Waals surface area contributed by atoms with Crippen LogP contribution in [-0.4, -0.2) is 25.0 Å². The molecule has 18 heavy (non-hydrogen) atoms. The van der Waals surface area contributed by atoms with E-state index < -0.39 is 0 Å². The first-order valence-corrected chi connectivity index (χ1v) is 6.43. The van der Waals surface area contributed by atoms with Crippen LogP contribution in [0.5, 0.6) is 0 Å². The fraction of sp³-hybridized carbons (Fsp3) is 0.538. The van der Waals surface area contributed by atoms with Gasteiger partial charge in [0.05, 0.1) is 6.20 Å². The Morgan fingerprint density at radius 2 is 2.06 bits per heavy atom. The molecule has 5 heteroatoms. The molecule has 0 unspecified atom stereocenters. The molecule has 0 fully saturated rings. The molecule has 2 heterocycles. The summed E-state index contributed by atoms with van der Waals surface area (Å²) in [7, 11) is 0. The van der Waals surface area contributed by atoms with Crippen LogP contribution >= 0.6 is 0 Å². The first-order chi connectivity index (χ1) is 8.70. The fourth-order valence-electron chi connectivity index (χ4n) is 1.95. The summed E-state index contributed by atoms with van der Waals surface area (Å²) in [6, 6.07) is 2.05. The van der Waals surface area contributed by atoms with Gasteiger partial charge in [-0.15, -0.1) is 10.2 Å². The zero-order chi connectivity index (χ0) is 13.0. The van der Waals surface area contributed by atoms with Crippen LogP contribution in [0.2, 0.25) is 0 Å². The van der Waals surface area contributed by atoms with Crippen molar-refractivity contribution in [2.45, 2.75) is 46.5 Å². The van der Waals surface area contributed by atoms with E-state index in [9.17, 15) is 0 Å². The number of unbranched alkanes of at least 4 members (excludes halogenated alkanes) is 2. The zero-order valence-corrected chi connectivity index (χ0v) is 11.2. The third kappa shape index (κ3) is 2.91. The van der Waals surface area contributed by atoms with Crippen LogP contribution in [-0.2, 0) is 6.42 Å². The molecule has 0 atom stereocenters. The summed E-state index contributed by atoms with van der Waals surface area (Å²) < 4.78 is 1.74. The molecule has 0 bridgehead atoms. The van der Waals surface area contributed by atoms with E-state index in [2.05, 4.69) is 27.2 Å². The van der Waals surface area contributed by atoms with Crippen molar-refractivity contribution in [3.05, 3.63) is 29.5 Å². The summed E-state index contributed by atoms with van der Waals surface area (Å²) in [4.78, 5) is 4.28. The highest BCUT2D eigenvalue weighted by Gasteiger charge is 2.07. The molecule has 0 N–H and O–H groups in total. The highest BCUT2D eigenvalue weighted by molar-refractivity contribution is 5.25. The van der Waals surface area contributed by atoms with E-state index >= 15 is 0 Å². The molecule has 0 amide bonds. The predicted molar refractivity (Wildman–Crippen MR) is 69.7 cm³/mol. The summed E-state index contributed by atoms with van der Waals surface area (Å²) >= 11 is 0. The minimum absolute atomic E-state index is 0.752. The van der Waals surface area contributed by atoms with Crippen LogP contribution in [0.3, 0.4) is 0 Å². The number of aryl methyl sites for hydroxylation is 3. The summed E-state index contributed by atoms with van der Waals surface area (Å²) in [6.07, 6.45) is 6.55. The first kappa shape index (κ1) is 12.7. The SMILES string of the molecule is CCCCCc1cnnc(-n2nc(C)nc2C)c1. The normalized spacial score (nSPS) is 10.8. The molecule has 0 aliphatic rings. The Labute approximate surface area is 107 Å². The van der Waals surface area contributed by atoms with E-state index in [0.717, 1.165) is 23.9 Å². The molecular weight excluding hydrogens is 226 g/mol. The molecule has 0 saturated heterocycles. The minimum Gasteiger partial charge on any atom is -0.217 e. The van der Waals surface area contributed by atoms with Crippen molar-refractivity contribution in [2.24, 2.45) is 0 Å². The average Bonchev–Trinajstić information content (AvgIpc) is 2.69. The van der Waals surface area contributed by atoms with Gasteiger partial charge < -0.3 is 0 Å². The molecule has 0 aromatic carbocycles. The monoisotopic (exact) mass is 245 g/mol. The maximum Gasteiger partial charge on any atom is 0.178 e. The van der Waals surface area contributed by atoms with Gasteiger partial charge in [0.15, 0.2) is 5.82 Å². The molecule has 2 aromatic rings. The lowest BCUT2D eigenvalue weighted by Crippen LogP contribution is -2.04. The van der Waals surface area contributed by atoms with Crippen LogP contribution in [0, 0.1) is 13.8 Å². The van der Waals surface area contributed by atoms with Gasteiger partial charge in [-0.3, -0.25) is 0 Å². The predicted octanol–water partition coefficient (Wildman–Crippen LogP) is 2.41. The number of nitrogens with zero attached hydrogens (tertiary/aromatic N) is 5. The average molecular weight is 245 g/mol. The number of aromatic nitrogens is 5. The van der Waals surface area contributed by atoms with Gasteiger partial charge in [-0.2, -0.15) is 9.78 Å². The molecular formula is C13H19N5. The van der Waals surface area contributed by atoms with Crippen LogP contribution < -0.4 is 0 Å². The maximum atomic E-state index is 4.32. The van der Waals surface area contributed by atoms with Gasteiger partial charge in [0, 0.05) is 0 Å².